The summed E-state index contributed by atoms with van der Waals surface area (Å²) in [6, 6.07) is 7.76. The van der Waals surface area contributed by atoms with Gasteiger partial charge in [0, 0.05) is 28.9 Å². The van der Waals surface area contributed by atoms with E-state index >= 15 is 0 Å². The third kappa shape index (κ3) is 4.72. The van der Waals surface area contributed by atoms with E-state index in [9.17, 15) is 9.59 Å². The molecular weight excluding hydrogens is 378 g/mol. The Kier molecular flexibility index (Phi) is 6.36. The first-order valence-corrected chi connectivity index (χ1v) is 9.74. The fourth-order valence-electron chi connectivity index (χ4n) is 3.06. The van der Waals surface area contributed by atoms with Gasteiger partial charge in [-0.25, -0.2) is 4.79 Å². The molecule has 0 saturated carbocycles. The summed E-state index contributed by atoms with van der Waals surface area (Å²) in [6.45, 7) is 2.76. The number of fused-ring (bicyclic) bond motifs is 1. The van der Waals surface area contributed by atoms with Crippen molar-refractivity contribution in [3.05, 3.63) is 51.2 Å². The van der Waals surface area contributed by atoms with Crippen LogP contribution in [0.1, 0.15) is 20.9 Å². The molecule has 1 aliphatic heterocycles. The molecule has 0 bridgehead atoms. The third-order valence-electron chi connectivity index (χ3n) is 4.55. The second kappa shape index (κ2) is 8.93. The van der Waals surface area contributed by atoms with E-state index in [1.807, 2.05) is 31.2 Å². The first kappa shape index (κ1) is 19.9. The molecule has 0 atom stereocenters. The Morgan fingerprint density at radius 2 is 1.86 bits per heavy atom. The zero-order valence-electron chi connectivity index (χ0n) is 16.2. The van der Waals surface area contributed by atoms with Crippen molar-refractivity contribution < 1.29 is 23.8 Å². The summed E-state index contributed by atoms with van der Waals surface area (Å²) in [6.07, 6.45) is 3.76. The van der Waals surface area contributed by atoms with Gasteiger partial charge in [0.15, 0.2) is 18.1 Å². The number of rotatable bonds is 6. The second-order valence-electron chi connectivity index (χ2n) is 6.43. The molecular formula is C21H23NO5S. The highest BCUT2D eigenvalue weighted by Gasteiger charge is 2.23. The Morgan fingerprint density at radius 3 is 2.50 bits per heavy atom. The van der Waals surface area contributed by atoms with E-state index in [0.29, 0.717) is 31.0 Å². The van der Waals surface area contributed by atoms with Crippen LogP contribution in [-0.4, -0.2) is 44.1 Å². The highest BCUT2D eigenvalue weighted by molar-refractivity contribution is 7.12. The number of esters is 1. The summed E-state index contributed by atoms with van der Waals surface area (Å²) >= 11 is 1.59. The number of carbonyl (C=O) groups is 2. The van der Waals surface area contributed by atoms with E-state index in [0.717, 1.165) is 16.0 Å². The Hall–Kier alpha value is -2.80. The normalized spacial score (nSPS) is 13.3. The topological polar surface area (TPSA) is 65.1 Å². The van der Waals surface area contributed by atoms with E-state index in [-0.39, 0.29) is 12.5 Å². The van der Waals surface area contributed by atoms with Gasteiger partial charge < -0.3 is 19.1 Å². The number of benzene rings is 1. The Balaban J connectivity index is 1.55. The molecule has 0 fully saturated rings. The highest BCUT2D eigenvalue weighted by atomic mass is 32.1. The van der Waals surface area contributed by atoms with Gasteiger partial charge in [-0.05, 0) is 54.8 Å². The van der Waals surface area contributed by atoms with Crippen LogP contribution in [0, 0.1) is 6.92 Å². The number of hydrogen-bond acceptors (Lipinski definition) is 6. The average molecular weight is 401 g/mol. The SMILES string of the molecule is COc1cc2c(cc1OC)CN(C(=O)COC(=O)/C=C/c1ccc(C)s1)CC2. The molecule has 0 radical (unpaired) electrons. The smallest absolute Gasteiger partial charge is 0.331 e. The molecule has 2 aromatic rings. The predicted molar refractivity (Wildman–Crippen MR) is 108 cm³/mol. The molecule has 3 rings (SSSR count). The van der Waals surface area contributed by atoms with Gasteiger partial charge in [0.25, 0.3) is 5.91 Å². The zero-order valence-corrected chi connectivity index (χ0v) is 17.0. The number of aryl methyl sites for hydroxylation is 1. The van der Waals surface area contributed by atoms with Crippen LogP contribution in [0.2, 0.25) is 0 Å². The molecule has 2 heterocycles. The average Bonchev–Trinajstić information content (AvgIpc) is 3.13. The lowest BCUT2D eigenvalue weighted by Crippen LogP contribution is -2.38. The Morgan fingerprint density at radius 1 is 1.14 bits per heavy atom. The van der Waals surface area contributed by atoms with Crippen LogP contribution in [0.25, 0.3) is 6.08 Å². The monoisotopic (exact) mass is 401 g/mol. The first-order chi connectivity index (χ1) is 13.5. The van der Waals surface area contributed by atoms with Crippen LogP contribution in [0.3, 0.4) is 0 Å². The van der Waals surface area contributed by atoms with E-state index in [1.54, 1.807) is 36.5 Å². The van der Waals surface area contributed by atoms with Gasteiger partial charge in [0.1, 0.15) is 0 Å². The van der Waals surface area contributed by atoms with Crippen LogP contribution in [0.5, 0.6) is 11.5 Å². The Bertz CT molecular complexity index is 902. The number of hydrogen-bond donors (Lipinski definition) is 0. The number of amides is 1. The van der Waals surface area contributed by atoms with Crippen LogP contribution in [-0.2, 0) is 27.3 Å². The molecule has 148 valence electrons. The minimum Gasteiger partial charge on any atom is -0.493 e. The molecule has 7 heteroatoms. The lowest BCUT2D eigenvalue weighted by Gasteiger charge is -2.29. The lowest BCUT2D eigenvalue weighted by molar-refractivity contribution is -0.148. The van der Waals surface area contributed by atoms with Gasteiger partial charge in [0.2, 0.25) is 0 Å². The van der Waals surface area contributed by atoms with Crippen molar-refractivity contribution in [1.82, 2.24) is 4.90 Å². The summed E-state index contributed by atoms with van der Waals surface area (Å²) < 4.78 is 15.8. The maximum atomic E-state index is 12.4. The van der Waals surface area contributed by atoms with Crippen molar-refractivity contribution in [2.45, 2.75) is 19.9 Å². The maximum Gasteiger partial charge on any atom is 0.331 e. The fraction of sp³-hybridized carbons (Fsp3) is 0.333. The molecule has 28 heavy (non-hydrogen) atoms. The summed E-state index contributed by atoms with van der Waals surface area (Å²) in [4.78, 5) is 28.1. The lowest BCUT2D eigenvalue weighted by atomic mass is 9.99. The first-order valence-electron chi connectivity index (χ1n) is 8.93. The molecule has 6 nitrogen and oxygen atoms in total. The number of ether oxygens (including phenoxy) is 3. The fourth-order valence-corrected chi connectivity index (χ4v) is 3.84. The molecule has 0 unspecified atom stereocenters. The minimum absolute atomic E-state index is 0.214. The zero-order chi connectivity index (χ0) is 20.1. The van der Waals surface area contributed by atoms with Crippen molar-refractivity contribution in [2.75, 3.05) is 27.4 Å². The molecule has 0 saturated heterocycles. The number of thiophene rings is 1. The van der Waals surface area contributed by atoms with Crippen LogP contribution in [0.15, 0.2) is 30.3 Å². The number of nitrogens with zero attached hydrogens (tertiary/aromatic N) is 1. The molecule has 1 aromatic carbocycles. The quantitative estimate of drug-likeness (QED) is 0.549. The van der Waals surface area contributed by atoms with Gasteiger partial charge >= 0.3 is 5.97 Å². The predicted octanol–water partition coefficient (Wildman–Crippen LogP) is 3.22. The van der Waals surface area contributed by atoms with Crippen molar-refractivity contribution in [3.63, 3.8) is 0 Å². The van der Waals surface area contributed by atoms with Crippen LogP contribution in [0.4, 0.5) is 0 Å². The summed E-state index contributed by atoms with van der Waals surface area (Å²) in [7, 11) is 3.19. The van der Waals surface area contributed by atoms with Crippen LogP contribution < -0.4 is 9.47 Å². The molecule has 0 N–H and O–H groups in total. The van der Waals surface area contributed by atoms with E-state index in [4.69, 9.17) is 14.2 Å². The highest BCUT2D eigenvalue weighted by Crippen LogP contribution is 2.33. The van der Waals surface area contributed by atoms with Gasteiger partial charge in [0.05, 0.1) is 14.2 Å². The maximum absolute atomic E-state index is 12.4. The number of methoxy groups -OCH3 is 2. The van der Waals surface area contributed by atoms with Gasteiger partial charge in [-0.1, -0.05) is 0 Å². The van der Waals surface area contributed by atoms with Gasteiger partial charge in [-0.3, -0.25) is 4.79 Å². The molecule has 1 aromatic heterocycles. The Labute approximate surface area is 168 Å². The third-order valence-corrected chi connectivity index (χ3v) is 5.52. The molecule has 0 aliphatic carbocycles. The molecule has 1 aliphatic rings. The van der Waals surface area contributed by atoms with E-state index in [1.165, 1.54) is 11.0 Å². The van der Waals surface area contributed by atoms with Crippen molar-refractivity contribution in [3.8, 4) is 11.5 Å². The summed E-state index contributed by atoms with van der Waals surface area (Å²) in [5, 5.41) is 0. The largest absolute Gasteiger partial charge is 0.493 e. The van der Waals surface area contributed by atoms with Gasteiger partial charge in [-0.15, -0.1) is 11.3 Å². The second-order valence-corrected chi connectivity index (χ2v) is 7.75. The van der Waals surface area contributed by atoms with Crippen molar-refractivity contribution in [1.29, 1.82) is 0 Å². The molecule has 0 spiro atoms. The van der Waals surface area contributed by atoms with Crippen molar-refractivity contribution in [2.24, 2.45) is 0 Å². The summed E-state index contributed by atoms with van der Waals surface area (Å²) in [5.74, 6) is 0.580. The van der Waals surface area contributed by atoms with Crippen molar-refractivity contribution >= 4 is 29.3 Å². The standard InChI is InChI=1S/C21H23NO5S/c1-14-4-5-17(28-14)6-7-21(24)27-13-20(23)22-9-8-15-10-18(25-2)19(26-3)11-16(15)12-22/h4-7,10-11H,8-9,12-13H2,1-3H3/b7-6+. The summed E-state index contributed by atoms with van der Waals surface area (Å²) in [5.41, 5.74) is 2.14. The van der Waals surface area contributed by atoms with Gasteiger partial charge in [-0.2, -0.15) is 0 Å². The van der Waals surface area contributed by atoms with E-state index in [2.05, 4.69) is 0 Å². The molecule has 1 amide bonds. The van der Waals surface area contributed by atoms with Crippen LogP contribution >= 0.6 is 11.3 Å². The number of carbonyl (C=O) groups excluding carboxylic acids is 2. The van der Waals surface area contributed by atoms with E-state index < -0.39 is 5.97 Å². The minimum atomic E-state index is -0.525.